The molecule has 72 valence electrons. The van der Waals surface area contributed by atoms with Gasteiger partial charge < -0.3 is 10.6 Å². The standard InChI is InChI=1S/C8H17N3.HI/c1-3-6-10-8(9-2)11-7-4-5-7;/h7H,3-6H2,1-2H3,(H2,9,10,11);1H. The number of hydrogen-bond acceptors (Lipinski definition) is 1. The molecular formula is C8H18IN3. The molecule has 1 fully saturated rings. The second-order valence-corrected chi connectivity index (χ2v) is 2.92. The molecule has 0 saturated heterocycles. The highest BCUT2D eigenvalue weighted by Crippen LogP contribution is 2.18. The summed E-state index contributed by atoms with van der Waals surface area (Å²) >= 11 is 0. The van der Waals surface area contributed by atoms with Crippen LogP contribution in [0.3, 0.4) is 0 Å². The summed E-state index contributed by atoms with van der Waals surface area (Å²) in [5.74, 6) is 0.953. The van der Waals surface area contributed by atoms with Gasteiger partial charge in [-0.2, -0.15) is 0 Å². The summed E-state index contributed by atoms with van der Waals surface area (Å²) in [6, 6.07) is 0.693. The van der Waals surface area contributed by atoms with E-state index in [2.05, 4.69) is 22.5 Å². The predicted molar refractivity (Wildman–Crippen MR) is 63.2 cm³/mol. The first-order valence-electron chi connectivity index (χ1n) is 4.34. The van der Waals surface area contributed by atoms with Crippen LogP contribution in [0.2, 0.25) is 0 Å². The summed E-state index contributed by atoms with van der Waals surface area (Å²) in [5.41, 5.74) is 0. The van der Waals surface area contributed by atoms with Gasteiger partial charge in [-0.3, -0.25) is 4.99 Å². The molecule has 0 bridgehead atoms. The van der Waals surface area contributed by atoms with Gasteiger partial charge in [0.2, 0.25) is 0 Å². The molecule has 0 amide bonds. The van der Waals surface area contributed by atoms with Crippen molar-refractivity contribution in [3.63, 3.8) is 0 Å². The molecule has 1 saturated carbocycles. The zero-order chi connectivity index (χ0) is 8.10. The van der Waals surface area contributed by atoms with Crippen molar-refractivity contribution in [1.29, 1.82) is 0 Å². The Balaban J connectivity index is 0.00000121. The Morgan fingerprint density at radius 2 is 2.17 bits per heavy atom. The molecule has 2 N–H and O–H groups in total. The molecule has 12 heavy (non-hydrogen) atoms. The third-order valence-electron chi connectivity index (χ3n) is 1.68. The number of halogens is 1. The maximum Gasteiger partial charge on any atom is 0.191 e. The van der Waals surface area contributed by atoms with Gasteiger partial charge in [-0.1, -0.05) is 6.92 Å². The molecule has 1 aliphatic carbocycles. The second-order valence-electron chi connectivity index (χ2n) is 2.92. The van der Waals surface area contributed by atoms with Crippen molar-refractivity contribution in [2.45, 2.75) is 32.2 Å². The van der Waals surface area contributed by atoms with Crippen LogP contribution < -0.4 is 10.6 Å². The highest BCUT2D eigenvalue weighted by atomic mass is 127. The quantitative estimate of drug-likeness (QED) is 0.466. The van der Waals surface area contributed by atoms with Gasteiger partial charge in [-0.15, -0.1) is 24.0 Å². The molecule has 1 aliphatic rings. The highest BCUT2D eigenvalue weighted by Gasteiger charge is 2.21. The van der Waals surface area contributed by atoms with Crippen LogP contribution in [0.15, 0.2) is 4.99 Å². The lowest BCUT2D eigenvalue weighted by molar-refractivity contribution is 0.779. The van der Waals surface area contributed by atoms with Crippen LogP contribution in [0.25, 0.3) is 0 Å². The van der Waals surface area contributed by atoms with Gasteiger partial charge in [0.05, 0.1) is 0 Å². The first-order chi connectivity index (χ1) is 5.36. The number of hydrogen-bond donors (Lipinski definition) is 2. The van der Waals surface area contributed by atoms with Crippen LogP contribution in [0, 0.1) is 0 Å². The monoisotopic (exact) mass is 283 g/mol. The lowest BCUT2D eigenvalue weighted by Gasteiger charge is -2.09. The van der Waals surface area contributed by atoms with Crippen LogP contribution >= 0.6 is 24.0 Å². The number of rotatable bonds is 3. The van der Waals surface area contributed by atoms with E-state index in [1.165, 1.54) is 12.8 Å². The Hall–Kier alpha value is 0. The summed E-state index contributed by atoms with van der Waals surface area (Å²) in [4.78, 5) is 4.10. The van der Waals surface area contributed by atoms with E-state index >= 15 is 0 Å². The minimum atomic E-state index is 0. The average molecular weight is 283 g/mol. The Kier molecular flexibility index (Phi) is 6.51. The van der Waals surface area contributed by atoms with E-state index in [1.807, 2.05) is 7.05 Å². The summed E-state index contributed by atoms with van der Waals surface area (Å²) < 4.78 is 0. The molecule has 4 heteroatoms. The van der Waals surface area contributed by atoms with E-state index < -0.39 is 0 Å². The highest BCUT2D eigenvalue weighted by molar-refractivity contribution is 14.0. The first kappa shape index (κ1) is 12.0. The van der Waals surface area contributed by atoms with E-state index in [0.717, 1.165) is 18.9 Å². The molecule has 0 aromatic rings. The zero-order valence-corrected chi connectivity index (χ0v) is 10.1. The van der Waals surface area contributed by atoms with Crippen LogP contribution in [0.5, 0.6) is 0 Å². The van der Waals surface area contributed by atoms with Gasteiger partial charge in [0.15, 0.2) is 5.96 Å². The fourth-order valence-corrected chi connectivity index (χ4v) is 0.859. The van der Waals surface area contributed by atoms with Gasteiger partial charge in [0.1, 0.15) is 0 Å². The maximum absolute atomic E-state index is 4.10. The minimum absolute atomic E-state index is 0. The second kappa shape index (κ2) is 6.51. The molecule has 3 nitrogen and oxygen atoms in total. The molecule has 1 rings (SSSR count). The molecule has 0 aromatic carbocycles. The molecule has 0 spiro atoms. The van der Waals surface area contributed by atoms with E-state index in [4.69, 9.17) is 0 Å². The third kappa shape index (κ3) is 4.79. The van der Waals surface area contributed by atoms with E-state index in [1.54, 1.807) is 0 Å². The van der Waals surface area contributed by atoms with Gasteiger partial charge in [0.25, 0.3) is 0 Å². The zero-order valence-electron chi connectivity index (χ0n) is 7.76. The number of guanidine groups is 1. The lowest BCUT2D eigenvalue weighted by Crippen LogP contribution is -2.38. The lowest BCUT2D eigenvalue weighted by atomic mass is 10.5. The summed E-state index contributed by atoms with van der Waals surface area (Å²) in [7, 11) is 1.81. The average Bonchev–Trinajstić information content (AvgIpc) is 2.81. The fraction of sp³-hybridized carbons (Fsp3) is 0.875. The summed E-state index contributed by atoms with van der Waals surface area (Å²) in [5, 5.41) is 6.54. The molecule has 0 radical (unpaired) electrons. The smallest absolute Gasteiger partial charge is 0.191 e. The molecule has 0 aromatic heterocycles. The molecule has 0 atom stereocenters. The number of aliphatic imine (C=N–C) groups is 1. The molecular weight excluding hydrogens is 265 g/mol. The normalized spacial score (nSPS) is 16.7. The Morgan fingerprint density at radius 3 is 2.58 bits per heavy atom. The van der Waals surface area contributed by atoms with Crippen molar-refractivity contribution >= 4 is 29.9 Å². The Morgan fingerprint density at radius 1 is 1.50 bits per heavy atom. The van der Waals surface area contributed by atoms with Crippen molar-refractivity contribution in [3.8, 4) is 0 Å². The SMILES string of the molecule is CCCNC(=NC)NC1CC1.I. The topological polar surface area (TPSA) is 36.4 Å². The Bertz CT molecular complexity index is 143. The summed E-state index contributed by atoms with van der Waals surface area (Å²) in [6.07, 6.45) is 3.74. The van der Waals surface area contributed by atoms with Crippen LogP contribution in [-0.4, -0.2) is 25.6 Å². The van der Waals surface area contributed by atoms with Crippen molar-refractivity contribution < 1.29 is 0 Å². The van der Waals surface area contributed by atoms with Crippen molar-refractivity contribution in [1.82, 2.24) is 10.6 Å². The van der Waals surface area contributed by atoms with Gasteiger partial charge in [0, 0.05) is 19.6 Å². The Labute approximate surface area is 91.4 Å². The minimum Gasteiger partial charge on any atom is -0.356 e. The molecule has 0 heterocycles. The maximum atomic E-state index is 4.10. The van der Waals surface area contributed by atoms with E-state index in [0.29, 0.717) is 6.04 Å². The van der Waals surface area contributed by atoms with Crippen molar-refractivity contribution in [3.05, 3.63) is 0 Å². The van der Waals surface area contributed by atoms with Crippen LogP contribution in [-0.2, 0) is 0 Å². The number of nitrogens with zero attached hydrogens (tertiary/aromatic N) is 1. The largest absolute Gasteiger partial charge is 0.356 e. The fourth-order valence-electron chi connectivity index (χ4n) is 0.859. The van der Waals surface area contributed by atoms with E-state index in [9.17, 15) is 0 Å². The van der Waals surface area contributed by atoms with Gasteiger partial charge >= 0.3 is 0 Å². The molecule has 0 aliphatic heterocycles. The van der Waals surface area contributed by atoms with E-state index in [-0.39, 0.29) is 24.0 Å². The molecule has 0 unspecified atom stereocenters. The number of nitrogens with one attached hydrogen (secondary N) is 2. The summed E-state index contributed by atoms with van der Waals surface area (Å²) in [6.45, 7) is 3.16. The van der Waals surface area contributed by atoms with Crippen LogP contribution in [0.4, 0.5) is 0 Å². The third-order valence-corrected chi connectivity index (χ3v) is 1.68. The van der Waals surface area contributed by atoms with Gasteiger partial charge in [-0.25, -0.2) is 0 Å². The van der Waals surface area contributed by atoms with Crippen molar-refractivity contribution in [2.24, 2.45) is 4.99 Å². The first-order valence-corrected chi connectivity index (χ1v) is 4.34. The van der Waals surface area contributed by atoms with Crippen LogP contribution in [0.1, 0.15) is 26.2 Å². The van der Waals surface area contributed by atoms with Gasteiger partial charge in [-0.05, 0) is 19.3 Å². The predicted octanol–water partition coefficient (Wildman–Crippen LogP) is 1.34. The van der Waals surface area contributed by atoms with Crippen molar-refractivity contribution in [2.75, 3.05) is 13.6 Å².